The van der Waals surface area contributed by atoms with Crippen LogP contribution in [0.25, 0.3) is 11.0 Å². The second kappa shape index (κ2) is 39.1. The zero-order valence-electron chi connectivity index (χ0n) is 59.9. The summed E-state index contributed by atoms with van der Waals surface area (Å²) >= 11 is 0. The van der Waals surface area contributed by atoms with Crippen LogP contribution >= 0.6 is 0 Å². The third-order valence-corrected chi connectivity index (χ3v) is 19.2. The molecule has 0 bridgehead atoms. The number of aromatic amines is 7. The van der Waals surface area contributed by atoms with Crippen LogP contribution in [0.4, 0.5) is 0 Å². The van der Waals surface area contributed by atoms with Gasteiger partial charge in [0.05, 0.1) is 81.5 Å². The number of fused-ring (bicyclic) bond motifs is 1. The zero-order valence-corrected chi connectivity index (χ0v) is 59.9. The van der Waals surface area contributed by atoms with Gasteiger partial charge >= 0.3 is 0 Å². The number of amides is 6. The van der Waals surface area contributed by atoms with Crippen molar-refractivity contribution in [3.63, 3.8) is 0 Å². The second-order valence-electron chi connectivity index (χ2n) is 27.2. The summed E-state index contributed by atoms with van der Waals surface area (Å²) in [4.78, 5) is 148. The number of benzene rings is 1. The molecule has 3 fully saturated rings. The highest BCUT2D eigenvalue weighted by atomic mass is 16.8. The van der Waals surface area contributed by atoms with Crippen molar-refractivity contribution in [2.45, 2.75) is 191 Å². The molecule has 618 valence electrons. The molecule has 8 aromatic rings. The number of carbonyl (C=O) groups is 7. The molecule has 47 nitrogen and oxygen atoms in total. The Balaban J connectivity index is 0.756. The summed E-state index contributed by atoms with van der Waals surface area (Å²) < 4.78 is 33.7. The van der Waals surface area contributed by atoms with E-state index < -0.39 is 220 Å². The monoisotopic (exact) mass is 1600 g/mol. The molecular formula is C67H88N20O27. The van der Waals surface area contributed by atoms with E-state index >= 15 is 0 Å². The molecular weight excluding hydrogens is 1520 g/mol. The van der Waals surface area contributed by atoms with Crippen LogP contribution in [0, 0.1) is 0 Å². The Bertz CT molecular complexity index is 4330. The van der Waals surface area contributed by atoms with Crippen LogP contribution in [0.1, 0.15) is 56.4 Å². The average molecular weight is 1610 g/mol. The minimum atomic E-state index is -2.32. The van der Waals surface area contributed by atoms with Crippen molar-refractivity contribution < 1.29 is 133 Å². The third kappa shape index (κ3) is 20.8. The lowest BCUT2D eigenvalue weighted by Crippen LogP contribution is -2.67. The number of nitrogens with zero attached hydrogens (tertiary/aromatic N) is 7. The van der Waals surface area contributed by atoms with Gasteiger partial charge in [0, 0.05) is 115 Å². The molecule has 114 heavy (non-hydrogen) atoms. The maximum absolute atomic E-state index is 14.9. The lowest BCUT2D eigenvalue weighted by Gasteiger charge is -2.48. The van der Waals surface area contributed by atoms with Crippen LogP contribution in [0.2, 0.25) is 0 Å². The van der Waals surface area contributed by atoms with Crippen LogP contribution in [0.3, 0.4) is 0 Å². The molecule has 27 N–H and O–H groups in total. The largest absolute Gasteiger partial charge is 0.394 e. The van der Waals surface area contributed by atoms with E-state index in [1.807, 2.05) is 0 Å². The first-order valence-corrected chi connectivity index (χ1v) is 35.6. The van der Waals surface area contributed by atoms with E-state index in [9.17, 15) is 105 Å². The van der Waals surface area contributed by atoms with Gasteiger partial charge in [0.1, 0.15) is 140 Å². The molecule has 0 saturated carbocycles. The molecule has 6 amide bonds. The van der Waals surface area contributed by atoms with Crippen LogP contribution in [-0.4, -0.2) is 356 Å². The van der Waals surface area contributed by atoms with Gasteiger partial charge in [-0.2, -0.15) is 0 Å². The van der Waals surface area contributed by atoms with Gasteiger partial charge in [-0.25, -0.2) is 34.9 Å². The lowest BCUT2D eigenvalue weighted by atomic mass is 9.96. The van der Waals surface area contributed by atoms with E-state index in [4.69, 9.17) is 28.4 Å². The molecule has 11 unspecified atom stereocenters. The van der Waals surface area contributed by atoms with E-state index in [-0.39, 0.29) is 55.1 Å². The molecule has 0 radical (unpaired) electrons. The number of rotatable bonds is 39. The standard InChI is InChI=1S/C67H88N20O27/c88-16-34(4-28-10-68-21-74-28)80-60(104)37(5-29-11-69-22-75-29)84-62(106)39(7-31-13-71-24-77-31)86-64(108)41(9-33-15-73-26-79-33)87-63(107)40(8-32-14-72-25-78-32)85-61(105)38(6-30-12-70-23-76-30)83-59(103)27-1-2-35-36(3-27)82-58(81-35)51(99)48(96)55(42(93)17-89)112-66-53(101)49(97)57(44(19-91)110-66)114-67-54(102)50(98)56(45(20-92)111-67)113-65-52(100)47(95)46(94)43(18-90)109-65/h1-3,10-16,21-26,34,37-57,65-67,89-102H,4-9,17-20H2,(H,68,74)(H,69,75)(H,70,76)(H,71,77)(H,72,78)(H,73,79)(H,80,104)(H,81,82)(H,83,103)(H,84,106)(H,85,105)(H,86,108)(H,87,107)/t34-,37?,38?,39-,40-,41?,42?,43?,44?,45?,46+,47-,48+,49+,50+,51?,52?,53?,54?,55+,56+,57+,65+,66+,67+/m0/s1. The number of nitrogens with one attached hydrogen (secondary N) is 13. The highest BCUT2D eigenvalue weighted by Crippen LogP contribution is 2.35. The van der Waals surface area contributed by atoms with E-state index in [0.717, 1.165) is 0 Å². The third-order valence-electron chi connectivity index (χ3n) is 19.2. The molecule has 0 aliphatic carbocycles. The van der Waals surface area contributed by atoms with E-state index in [2.05, 4.69) is 102 Å². The molecule has 11 rings (SSSR count). The molecule has 7 aromatic heterocycles. The Morgan fingerprint density at radius 3 is 1.21 bits per heavy atom. The number of hydrogen-bond acceptors (Lipinski definition) is 34. The quantitative estimate of drug-likeness (QED) is 0.0159. The zero-order chi connectivity index (χ0) is 81.4. The second-order valence-corrected chi connectivity index (χ2v) is 27.2. The minimum absolute atomic E-state index is 0.0343. The van der Waals surface area contributed by atoms with Crippen LogP contribution < -0.4 is 31.9 Å². The first-order valence-electron chi connectivity index (χ1n) is 35.6. The summed E-state index contributed by atoms with van der Waals surface area (Å²) in [6.07, 6.45) is -22.0. The van der Waals surface area contributed by atoms with Crippen molar-refractivity contribution in [2.75, 3.05) is 26.4 Å². The minimum Gasteiger partial charge on any atom is -0.394 e. The number of carbonyl (C=O) groups excluding carboxylic acids is 7. The molecule has 1 aromatic carbocycles. The van der Waals surface area contributed by atoms with Gasteiger partial charge in [-0.05, 0) is 18.2 Å². The van der Waals surface area contributed by atoms with E-state index in [0.29, 0.717) is 40.4 Å². The van der Waals surface area contributed by atoms with Gasteiger partial charge < -0.3 is 171 Å². The SMILES string of the molecule is O=C[C@H](Cc1cnc[nH]1)NC(=O)C(Cc1cnc[nH]1)NC(=O)[C@H](Cc1cnc[nH]1)NC(=O)C(Cc1cnc[nH]1)NC(=O)[C@H](Cc1cnc[nH]1)NC(=O)C(Cc1cnc[nH]1)NC(=O)c1ccc2[nH]c(C(O)[C@@H](O)[C@H](O[C@H]3OC(CO)[C@@H](O[C@H]4OC(CO)[C@@H](O[C@H]5OC(CO)[C@@H](O)[C@H](O)C5O)[C@H](O)C4O)[C@H](O)C3O)C(O)CO)nc2c1. The van der Waals surface area contributed by atoms with Gasteiger partial charge in [0.25, 0.3) is 5.91 Å². The fourth-order valence-electron chi connectivity index (χ4n) is 13.0. The Morgan fingerprint density at radius 1 is 0.456 bits per heavy atom. The van der Waals surface area contributed by atoms with Gasteiger partial charge in [0.2, 0.25) is 29.5 Å². The van der Waals surface area contributed by atoms with Crippen molar-refractivity contribution >= 4 is 52.8 Å². The van der Waals surface area contributed by atoms with Crippen molar-refractivity contribution in [1.82, 2.24) is 102 Å². The van der Waals surface area contributed by atoms with Gasteiger partial charge in [0.15, 0.2) is 18.9 Å². The number of aliphatic hydroxyl groups excluding tert-OH is 14. The molecule has 3 aliphatic rings. The molecule has 3 saturated heterocycles. The van der Waals surface area contributed by atoms with Crippen LogP contribution in [-0.2, 0) is 95.7 Å². The van der Waals surface area contributed by atoms with Crippen molar-refractivity contribution in [3.05, 3.63) is 139 Å². The number of ether oxygens (including phenoxy) is 6. The number of H-pyrrole nitrogens is 7. The highest BCUT2D eigenvalue weighted by molar-refractivity contribution is 6.01. The number of aliphatic hydroxyl groups is 14. The van der Waals surface area contributed by atoms with Gasteiger partial charge in [-0.1, -0.05) is 0 Å². The predicted molar refractivity (Wildman–Crippen MR) is 375 cm³/mol. The fraction of sp³-hybridized carbons (Fsp3) is 0.522. The number of aldehydes is 1. The van der Waals surface area contributed by atoms with Crippen molar-refractivity contribution in [3.8, 4) is 0 Å². The molecule has 0 spiro atoms. The summed E-state index contributed by atoms with van der Waals surface area (Å²) in [5.74, 6) is -5.85. The first-order chi connectivity index (χ1) is 54.8. The van der Waals surface area contributed by atoms with Gasteiger partial charge in [-0.3, -0.25) is 28.8 Å². The average Bonchev–Trinajstić information content (AvgIpc) is 1.01. The van der Waals surface area contributed by atoms with Crippen molar-refractivity contribution in [1.29, 1.82) is 0 Å². The lowest BCUT2D eigenvalue weighted by molar-refractivity contribution is -0.383. The van der Waals surface area contributed by atoms with Gasteiger partial charge in [-0.15, -0.1) is 0 Å². The summed E-state index contributed by atoms with van der Waals surface area (Å²) in [5, 5.41) is 167. The highest BCUT2D eigenvalue weighted by Gasteiger charge is 2.55. The summed E-state index contributed by atoms with van der Waals surface area (Å²) in [7, 11) is 0. The normalized spacial score (nSPS) is 26.5. The number of aromatic nitrogens is 14. The predicted octanol–water partition coefficient (Wildman–Crippen LogP) is -11.3. The smallest absolute Gasteiger partial charge is 0.252 e. The van der Waals surface area contributed by atoms with E-state index in [1.165, 1.54) is 93.3 Å². The fourth-order valence-corrected chi connectivity index (χ4v) is 13.0. The molecule has 47 heteroatoms. The number of imidazole rings is 7. The Kier molecular flexibility index (Phi) is 29.0. The van der Waals surface area contributed by atoms with E-state index in [1.54, 1.807) is 0 Å². The Hall–Kier alpha value is -10.4. The van der Waals surface area contributed by atoms with Crippen molar-refractivity contribution in [2.24, 2.45) is 0 Å². The summed E-state index contributed by atoms with van der Waals surface area (Å²) in [6.45, 7) is -4.09. The topological polar surface area (TPSA) is 731 Å². The summed E-state index contributed by atoms with van der Waals surface area (Å²) in [5.41, 5.74) is 2.21. The Morgan fingerprint density at radius 2 is 0.825 bits per heavy atom. The summed E-state index contributed by atoms with van der Waals surface area (Å²) in [6, 6.07) is -4.73. The van der Waals surface area contributed by atoms with Crippen LogP contribution in [0.15, 0.2) is 93.3 Å². The molecule has 3 aliphatic heterocycles. The first kappa shape index (κ1) is 84.5. The Labute approximate surface area is 642 Å². The maximum Gasteiger partial charge on any atom is 0.252 e. The van der Waals surface area contributed by atoms with Crippen LogP contribution in [0.5, 0.6) is 0 Å². The molecule has 25 atom stereocenters. The number of hydrogen-bond donors (Lipinski definition) is 27. The maximum atomic E-state index is 14.9. The molecule has 10 heterocycles.